The molecule has 0 aromatic carbocycles. The van der Waals surface area contributed by atoms with Gasteiger partial charge in [0.05, 0.1) is 43.0 Å². The highest BCUT2D eigenvalue weighted by molar-refractivity contribution is 5.70. The molecule has 4 aliphatic rings. The maximum absolute atomic E-state index is 13.3. The van der Waals surface area contributed by atoms with Crippen LogP contribution >= 0.6 is 0 Å². The number of likely N-dealkylation sites (N-methyl/N-ethyl adjacent to an activating group) is 1. The van der Waals surface area contributed by atoms with Gasteiger partial charge in [0.1, 0.15) is 6.10 Å². The lowest BCUT2D eigenvalue weighted by molar-refractivity contribution is -0.146. The van der Waals surface area contributed by atoms with E-state index in [1.165, 1.54) is 0 Å². The van der Waals surface area contributed by atoms with Crippen LogP contribution in [0, 0.1) is 17.8 Å². The quantitative estimate of drug-likeness (QED) is 0.223. The standard InChI is InChI=1S/C35H56N2O8/c1-22-8-7-14-35(5,42)19-31-33(44-31)25(4)29(39)13-15-43-32(40)18-28(38)11-10-24(3)30(12-9-23(2)16-22)45-34(41)37-21-26-17-27(37)20-36(26)6/h7-9,12,14,23-31,33,38-39,42H,10-11,13,15-21H2,1-6H3/b12-9+,14-7+,22-8+/t23?,24?,25?,26-,27-,28?,29?,30?,31?,33?,35?/m0/s1. The molecule has 10 nitrogen and oxygen atoms in total. The molecule has 0 radical (unpaired) electrons. The molecule has 2 bridgehead atoms. The van der Waals surface area contributed by atoms with Crippen LogP contribution in [0.5, 0.6) is 0 Å². The summed E-state index contributed by atoms with van der Waals surface area (Å²) < 4.78 is 17.2. The van der Waals surface area contributed by atoms with Crippen LogP contribution in [0.3, 0.4) is 0 Å². The molecule has 4 heterocycles. The topological polar surface area (TPSA) is 132 Å². The Balaban J connectivity index is 1.44. The number of aliphatic hydroxyl groups is 3. The van der Waals surface area contributed by atoms with Crippen molar-refractivity contribution in [2.75, 3.05) is 26.7 Å². The third kappa shape index (κ3) is 10.4. The van der Waals surface area contributed by atoms with Gasteiger partial charge in [-0.05, 0) is 64.5 Å². The van der Waals surface area contributed by atoms with Gasteiger partial charge < -0.3 is 34.4 Å². The second kappa shape index (κ2) is 15.6. The van der Waals surface area contributed by atoms with Gasteiger partial charge >= 0.3 is 12.1 Å². The largest absolute Gasteiger partial charge is 0.465 e. The van der Waals surface area contributed by atoms with E-state index in [9.17, 15) is 24.9 Å². The van der Waals surface area contributed by atoms with Gasteiger partial charge in [-0.1, -0.05) is 50.6 Å². The fraction of sp³-hybridized carbons (Fsp3) is 0.771. The maximum Gasteiger partial charge on any atom is 0.410 e. The van der Waals surface area contributed by atoms with Gasteiger partial charge in [0.15, 0.2) is 0 Å². The number of allylic oxidation sites excluding steroid dienone is 4. The molecule has 45 heavy (non-hydrogen) atoms. The lowest BCUT2D eigenvalue weighted by Crippen LogP contribution is -2.48. The van der Waals surface area contributed by atoms with Crippen molar-refractivity contribution in [2.45, 2.75) is 128 Å². The maximum atomic E-state index is 13.3. The zero-order chi connectivity index (χ0) is 32.9. The Morgan fingerprint density at radius 2 is 1.82 bits per heavy atom. The van der Waals surface area contributed by atoms with Crippen LogP contribution in [0.15, 0.2) is 36.0 Å². The van der Waals surface area contributed by atoms with Crippen molar-refractivity contribution in [3.63, 3.8) is 0 Å². The fourth-order valence-corrected chi connectivity index (χ4v) is 6.99. The number of hydrogen-bond donors (Lipinski definition) is 3. The second-order valence-electron chi connectivity index (χ2n) is 14.5. The van der Waals surface area contributed by atoms with Gasteiger partial charge in [-0.2, -0.15) is 0 Å². The summed E-state index contributed by atoms with van der Waals surface area (Å²) in [5, 5.41) is 32.2. The van der Waals surface area contributed by atoms with E-state index in [0.717, 1.165) is 25.0 Å². The normalized spacial score (nSPS) is 43.7. The predicted molar refractivity (Wildman–Crippen MR) is 171 cm³/mol. The minimum absolute atomic E-state index is 0.0478. The Morgan fingerprint density at radius 3 is 2.51 bits per heavy atom. The number of carbonyl (C=O) groups is 2. The van der Waals surface area contributed by atoms with Crippen molar-refractivity contribution in [3.05, 3.63) is 36.0 Å². The van der Waals surface area contributed by atoms with Crippen LogP contribution in [-0.2, 0) is 19.0 Å². The fourth-order valence-electron chi connectivity index (χ4n) is 6.99. The van der Waals surface area contributed by atoms with E-state index in [0.29, 0.717) is 31.8 Å². The molecule has 4 rings (SSSR count). The summed E-state index contributed by atoms with van der Waals surface area (Å²) in [6.07, 6.45) is 10.3. The number of esters is 1. The van der Waals surface area contributed by atoms with Gasteiger partial charge in [-0.15, -0.1) is 0 Å². The van der Waals surface area contributed by atoms with Gasteiger partial charge in [-0.25, -0.2) is 4.79 Å². The number of cyclic esters (lactones) is 1. The summed E-state index contributed by atoms with van der Waals surface area (Å²) in [6.45, 7) is 11.4. The monoisotopic (exact) mass is 632 g/mol. The highest BCUT2D eigenvalue weighted by Crippen LogP contribution is 2.38. The first kappa shape index (κ1) is 35.6. The average Bonchev–Trinajstić information content (AvgIpc) is 3.42. The Labute approximate surface area is 269 Å². The molecule has 0 aliphatic carbocycles. The van der Waals surface area contributed by atoms with Crippen LogP contribution in [0.4, 0.5) is 4.79 Å². The van der Waals surface area contributed by atoms with Crippen molar-refractivity contribution in [2.24, 2.45) is 17.8 Å². The molecule has 4 aliphatic heterocycles. The second-order valence-corrected chi connectivity index (χ2v) is 14.5. The molecule has 9 unspecified atom stereocenters. The molecule has 0 saturated carbocycles. The van der Waals surface area contributed by atoms with E-state index in [1.807, 2.05) is 37.0 Å². The minimum atomic E-state index is -1.06. The Morgan fingerprint density at radius 1 is 1.07 bits per heavy atom. The van der Waals surface area contributed by atoms with E-state index < -0.39 is 29.9 Å². The number of carbonyl (C=O) groups excluding carboxylic acids is 2. The Bertz CT molecular complexity index is 1100. The van der Waals surface area contributed by atoms with Crippen LogP contribution in [0.1, 0.15) is 79.6 Å². The van der Waals surface area contributed by atoms with Crippen molar-refractivity contribution >= 4 is 12.1 Å². The van der Waals surface area contributed by atoms with Crippen molar-refractivity contribution in [1.29, 1.82) is 0 Å². The van der Waals surface area contributed by atoms with Crippen LogP contribution < -0.4 is 0 Å². The minimum Gasteiger partial charge on any atom is -0.465 e. The molecule has 254 valence electrons. The summed E-state index contributed by atoms with van der Waals surface area (Å²) in [4.78, 5) is 29.8. The summed E-state index contributed by atoms with van der Waals surface area (Å²) in [6, 6.07) is 0.558. The van der Waals surface area contributed by atoms with Crippen LogP contribution in [0.25, 0.3) is 0 Å². The number of nitrogens with zero attached hydrogens (tertiary/aromatic N) is 2. The van der Waals surface area contributed by atoms with Crippen molar-refractivity contribution in [1.82, 2.24) is 9.80 Å². The zero-order valence-corrected chi connectivity index (χ0v) is 28.0. The number of likely N-dealkylation sites (tertiary alicyclic amines) is 2. The number of aliphatic hydroxyl groups excluding tert-OH is 2. The molecule has 10 heteroatoms. The molecule has 3 saturated heterocycles. The van der Waals surface area contributed by atoms with Crippen molar-refractivity contribution in [3.8, 4) is 0 Å². The van der Waals surface area contributed by atoms with Gasteiger partial charge in [-0.3, -0.25) is 9.69 Å². The number of rotatable bonds is 1. The summed E-state index contributed by atoms with van der Waals surface area (Å²) in [7, 11) is 2.09. The van der Waals surface area contributed by atoms with Gasteiger partial charge in [0, 0.05) is 43.9 Å². The van der Waals surface area contributed by atoms with Crippen molar-refractivity contribution < 1.29 is 39.1 Å². The molecule has 0 aromatic heterocycles. The summed E-state index contributed by atoms with van der Waals surface area (Å²) in [5.41, 5.74) is 0.0911. The smallest absolute Gasteiger partial charge is 0.410 e. The zero-order valence-electron chi connectivity index (χ0n) is 28.0. The lowest BCUT2D eigenvalue weighted by Gasteiger charge is -2.33. The third-order valence-electron chi connectivity index (χ3n) is 10.1. The van der Waals surface area contributed by atoms with Crippen LogP contribution in [-0.4, -0.2) is 112 Å². The van der Waals surface area contributed by atoms with E-state index in [-0.39, 0.29) is 61.5 Å². The average molecular weight is 633 g/mol. The van der Waals surface area contributed by atoms with E-state index in [2.05, 4.69) is 31.9 Å². The molecule has 0 aromatic rings. The first-order valence-electron chi connectivity index (χ1n) is 16.8. The summed E-state index contributed by atoms with van der Waals surface area (Å²) >= 11 is 0. The first-order valence-corrected chi connectivity index (χ1v) is 16.8. The Hall–Kier alpha value is -2.24. The SMILES string of the molecule is C/C1=C\C=C\C(C)(O)CC2OC2C(C)C(O)CCOC(=O)CC(O)CCC(C)C(OC(=O)N2C[C@@H]3C[C@H]2CN3C)/C=C/C(C)C1. The number of fused-ring (bicyclic) bond motifs is 3. The first-order chi connectivity index (χ1) is 21.2. The molecular weight excluding hydrogens is 576 g/mol. The lowest BCUT2D eigenvalue weighted by atomic mass is 9.91. The van der Waals surface area contributed by atoms with E-state index >= 15 is 0 Å². The highest BCUT2D eigenvalue weighted by Gasteiger charge is 2.48. The van der Waals surface area contributed by atoms with E-state index in [4.69, 9.17) is 14.2 Å². The molecular formula is C35H56N2O8. The number of ether oxygens (including phenoxy) is 3. The molecule has 11 atom stereocenters. The highest BCUT2D eigenvalue weighted by atomic mass is 16.6. The molecule has 1 amide bonds. The Kier molecular flexibility index (Phi) is 12.3. The van der Waals surface area contributed by atoms with Gasteiger partial charge in [0.25, 0.3) is 0 Å². The number of hydrogen-bond acceptors (Lipinski definition) is 9. The number of piperazine rings is 1. The van der Waals surface area contributed by atoms with Gasteiger partial charge in [0.2, 0.25) is 0 Å². The molecule has 3 fully saturated rings. The van der Waals surface area contributed by atoms with E-state index in [1.54, 1.807) is 13.0 Å². The number of amides is 1. The summed E-state index contributed by atoms with van der Waals surface area (Å²) in [5.74, 6) is -0.587. The molecule has 0 spiro atoms. The third-order valence-corrected chi connectivity index (χ3v) is 10.1. The molecule has 3 N–H and O–H groups in total. The van der Waals surface area contributed by atoms with Crippen LogP contribution in [0.2, 0.25) is 0 Å². The predicted octanol–water partition coefficient (Wildman–Crippen LogP) is 3.98. The number of epoxide rings is 1.